The summed E-state index contributed by atoms with van der Waals surface area (Å²) in [5.74, 6) is 0.836. The molecule has 8 heteroatoms. The van der Waals surface area contributed by atoms with Gasteiger partial charge in [-0.05, 0) is 17.7 Å². The van der Waals surface area contributed by atoms with Crippen molar-refractivity contribution in [3.05, 3.63) is 58.1 Å². The van der Waals surface area contributed by atoms with E-state index in [1.54, 1.807) is 37.4 Å². The van der Waals surface area contributed by atoms with E-state index in [-0.39, 0.29) is 11.6 Å². The molecule has 0 spiro atoms. The number of nitrogens with zero attached hydrogens (tertiary/aromatic N) is 2. The zero-order valence-electron chi connectivity index (χ0n) is 13.7. The Morgan fingerprint density at radius 1 is 1.12 bits per heavy atom. The molecule has 2 atom stereocenters. The molecule has 3 rings (SSSR count). The van der Waals surface area contributed by atoms with Crippen LogP contribution in [0.1, 0.15) is 11.6 Å². The van der Waals surface area contributed by atoms with E-state index in [2.05, 4.69) is 0 Å². The lowest BCUT2D eigenvalue weighted by Gasteiger charge is -2.45. The van der Waals surface area contributed by atoms with Crippen molar-refractivity contribution in [1.29, 1.82) is 0 Å². The number of amides is 1. The molecule has 0 aliphatic carbocycles. The molecule has 2 aromatic rings. The molecule has 1 saturated heterocycles. The predicted molar refractivity (Wildman–Crippen MR) is 90.8 cm³/mol. The lowest BCUT2D eigenvalue weighted by Crippen LogP contribution is -2.63. The Hall–Kier alpha value is -3.13. The maximum absolute atomic E-state index is 12.3. The van der Waals surface area contributed by atoms with E-state index in [1.165, 1.54) is 24.1 Å². The fraction of sp³-hybridized carbons (Fsp3) is 0.235. The first-order valence-electron chi connectivity index (χ1n) is 7.53. The smallest absolute Gasteiger partial charge is 0.269 e. The van der Waals surface area contributed by atoms with Crippen molar-refractivity contribution >= 4 is 17.3 Å². The molecular weight excluding hydrogens is 326 g/mol. The topological polar surface area (TPSA) is 108 Å². The monoisotopic (exact) mass is 343 g/mol. The van der Waals surface area contributed by atoms with Gasteiger partial charge in [0.05, 0.1) is 30.9 Å². The number of β-lactam (4-membered cyclic amide) rings is 1. The maximum Gasteiger partial charge on any atom is 0.269 e. The van der Waals surface area contributed by atoms with Crippen LogP contribution in [0.15, 0.2) is 42.5 Å². The molecule has 0 aromatic heterocycles. The first-order chi connectivity index (χ1) is 12.0. The summed E-state index contributed by atoms with van der Waals surface area (Å²) >= 11 is 0. The van der Waals surface area contributed by atoms with E-state index >= 15 is 0 Å². The zero-order chi connectivity index (χ0) is 18.1. The number of anilines is 1. The van der Waals surface area contributed by atoms with Gasteiger partial charge in [0.2, 0.25) is 5.91 Å². The first-order valence-corrected chi connectivity index (χ1v) is 7.53. The van der Waals surface area contributed by atoms with Gasteiger partial charge in [-0.15, -0.1) is 0 Å². The fourth-order valence-electron chi connectivity index (χ4n) is 2.91. The molecule has 1 aliphatic heterocycles. The van der Waals surface area contributed by atoms with Gasteiger partial charge in [0.1, 0.15) is 17.5 Å². The van der Waals surface area contributed by atoms with Crippen molar-refractivity contribution in [2.24, 2.45) is 5.73 Å². The van der Waals surface area contributed by atoms with E-state index in [0.29, 0.717) is 17.2 Å². The quantitative estimate of drug-likeness (QED) is 0.505. The minimum atomic E-state index is -0.715. The number of methoxy groups -OCH3 is 2. The number of benzene rings is 2. The van der Waals surface area contributed by atoms with Crippen molar-refractivity contribution in [3.63, 3.8) is 0 Å². The number of hydrogen-bond donors (Lipinski definition) is 1. The molecule has 8 nitrogen and oxygen atoms in total. The highest BCUT2D eigenvalue weighted by Crippen LogP contribution is 2.43. The summed E-state index contributed by atoms with van der Waals surface area (Å²) in [5.41, 5.74) is 7.25. The van der Waals surface area contributed by atoms with Gasteiger partial charge in [0, 0.05) is 18.2 Å². The molecule has 2 N–H and O–H groups in total. The molecule has 1 aliphatic rings. The SMILES string of the molecule is COc1ccc(N2C(=O)C(N)C2c2ccc([N+](=O)[O-])cc2)c(OC)c1. The van der Waals surface area contributed by atoms with Gasteiger partial charge in [-0.3, -0.25) is 19.8 Å². The zero-order valence-corrected chi connectivity index (χ0v) is 13.7. The number of rotatable bonds is 5. The van der Waals surface area contributed by atoms with Crippen LogP contribution in [0, 0.1) is 10.1 Å². The molecule has 2 aromatic carbocycles. The van der Waals surface area contributed by atoms with Crippen molar-refractivity contribution < 1.29 is 19.2 Å². The number of ether oxygens (including phenoxy) is 2. The second-order valence-electron chi connectivity index (χ2n) is 5.57. The number of nitro benzene ring substituents is 1. The number of carbonyl (C=O) groups excluding carboxylic acids is 1. The molecule has 130 valence electrons. The summed E-state index contributed by atoms with van der Waals surface area (Å²) in [7, 11) is 3.04. The minimum absolute atomic E-state index is 0.0171. The van der Waals surface area contributed by atoms with E-state index < -0.39 is 17.0 Å². The van der Waals surface area contributed by atoms with Gasteiger partial charge < -0.3 is 15.2 Å². The number of hydrogen-bond acceptors (Lipinski definition) is 6. The van der Waals surface area contributed by atoms with Gasteiger partial charge in [-0.25, -0.2) is 0 Å². The molecule has 1 fully saturated rings. The third-order valence-corrected chi connectivity index (χ3v) is 4.23. The largest absolute Gasteiger partial charge is 0.497 e. The Kier molecular flexibility index (Phi) is 4.28. The van der Waals surface area contributed by atoms with Crippen LogP contribution >= 0.6 is 0 Å². The Labute approximate surface area is 143 Å². The van der Waals surface area contributed by atoms with Gasteiger partial charge in [0.25, 0.3) is 5.69 Å². The van der Waals surface area contributed by atoms with E-state index in [0.717, 1.165) is 5.56 Å². The number of nitrogens with two attached hydrogens (primary N) is 1. The van der Waals surface area contributed by atoms with Crippen LogP contribution < -0.4 is 20.1 Å². The Morgan fingerprint density at radius 3 is 2.36 bits per heavy atom. The highest BCUT2D eigenvalue weighted by molar-refractivity contribution is 6.06. The minimum Gasteiger partial charge on any atom is -0.497 e. The first kappa shape index (κ1) is 16.7. The third kappa shape index (κ3) is 2.76. The summed E-state index contributed by atoms with van der Waals surface area (Å²) in [6.45, 7) is 0. The molecule has 25 heavy (non-hydrogen) atoms. The Balaban J connectivity index is 1.98. The van der Waals surface area contributed by atoms with Crippen molar-refractivity contribution in [2.75, 3.05) is 19.1 Å². The lowest BCUT2D eigenvalue weighted by molar-refractivity contribution is -0.384. The van der Waals surface area contributed by atoms with Crippen LogP contribution in [-0.4, -0.2) is 31.1 Å². The molecule has 2 unspecified atom stereocenters. The Bertz CT molecular complexity index is 822. The highest BCUT2D eigenvalue weighted by Gasteiger charge is 2.47. The fourth-order valence-corrected chi connectivity index (χ4v) is 2.91. The highest BCUT2D eigenvalue weighted by atomic mass is 16.6. The second kappa shape index (κ2) is 6.40. The summed E-state index contributed by atoms with van der Waals surface area (Å²) in [6, 6.07) is 10.0. The summed E-state index contributed by atoms with van der Waals surface area (Å²) in [5, 5.41) is 10.8. The predicted octanol–water partition coefficient (Wildman–Crippen LogP) is 2.03. The average Bonchev–Trinajstić information content (AvgIpc) is 2.64. The summed E-state index contributed by atoms with van der Waals surface area (Å²) in [4.78, 5) is 24.2. The van der Waals surface area contributed by atoms with Crippen molar-refractivity contribution in [2.45, 2.75) is 12.1 Å². The van der Waals surface area contributed by atoms with Gasteiger partial charge in [-0.1, -0.05) is 12.1 Å². The van der Waals surface area contributed by atoms with Gasteiger partial charge >= 0.3 is 0 Å². The molecule has 0 radical (unpaired) electrons. The van der Waals surface area contributed by atoms with E-state index in [1.807, 2.05) is 0 Å². The maximum atomic E-state index is 12.3. The van der Waals surface area contributed by atoms with Crippen molar-refractivity contribution in [1.82, 2.24) is 0 Å². The van der Waals surface area contributed by atoms with Crippen LogP contribution in [0.4, 0.5) is 11.4 Å². The summed E-state index contributed by atoms with van der Waals surface area (Å²) in [6.07, 6.45) is 0. The number of non-ortho nitro benzene ring substituents is 1. The van der Waals surface area contributed by atoms with E-state index in [4.69, 9.17) is 15.2 Å². The van der Waals surface area contributed by atoms with Crippen molar-refractivity contribution in [3.8, 4) is 11.5 Å². The standard InChI is InChI=1S/C17H17N3O5/c1-24-12-7-8-13(14(9-12)25-2)19-16(15(18)17(19)21)10-3-5-11(6-4-10)20(22)23/h3-9,15-16H,18H2,1-2H3. The van der Waals surface area contributed by atoms with Crippen LogP contribution in [0.2, 0.25) is 0 Å². The van der Waals surface area contributed by atoms with Gasteiger partial charge in [0.15, 0.2) is 0 Å². The van der Waals surface area contributed by atoms with Crippen LogP contribution in [0.25, 0.3) is 0 Å². The third-order valence-electron chi connectivity index (χ3n) is 4.23. The molecular formula is C17H17N3O5. The number of nitro groups is 1. The molecule has 1 amide bonds. The van der Waals surface area contributed by atoms with Crippen LogP contribution in [-0.2, 0) is 4.79 Å². The molecule has 0 saturated carbocycles. The van der Waals surface area contributed by atoms with Crippen LogP contribution in [0.5, 0.6) is 11.5 Å². The van der Waals surface area contributed by atoms with Gasteiger partial charge in [-0.2, -0.15) is 0 Å². The molecule has 0 bridgehead atoms. The summed E-state index contributed by atoms with van der Waals surface area (Å²) < 4.78 is 10.5. The second-order valence-corrected chi connectivity index (χ2v) is 5.57. The van der Waals surface area contributed by atoms with Crippen LogP contribution in [0.3, 0.4) is 0 Å². The normalized spacial score (nSPS) is 19.3. The Morgan fingerprint density at radius 2 is 1.80 bits per heavy atom. The van der Waals surface area contributed by atoms with E-state index in [9.17, 15) is 14.9 Å². The lowest BCUT2D eigenvalue weighted by atomic mass is 9.88. The molecule has 1 heterocycles. The average molecular weight is 343 g/mol. The number of carbonyl (C=O) groups is 1.